The highest BCUT2D eigenvalue weighted by Gasteiger charge is 2.20. The van der Waals surface area contributed by atoms with Gasteiger partial charge in [0.25, 0.3) is 0 Å². The van der Waals surface area contributed by atoms with E-state index in [1.165, 1.54) is 13.0 Å². The lowest BCUT2D eigenvalue weighted by atomic mass is 10.1. The predicted octanol–water partition coefficient (Wildman–Crippen LogP) is 2.98. The molecule has 0 saturated carbocycles. The summed E-state index contributed by atoms with van der Waals surface area (Å²) in [5, 5.41) is 9.51. The third kappa shape index (κ3) is 3.31. The molecule has 0 radical (unpaired) electrons. The maximum absolute atomic E-state index is 11.8. The molecular formula is C11H11ClO4S. The van der Waals surface area contributed by atoms with Crippen LogP contribution in [0.4, 0.5) is 0 Å². The molecule has 1 aromatic rings. The Hall–Kier alpha value is -1.33. The lowest BCUT2D eigenvalue weighted by Crippen LogP contribution is -2.12. The van der Waals surface area contributed by atoms with E-state index in [9.17, 15) is 14.7 Å². The van der Waals surface area contributed by atoms with Crippen molar-refractivity contribution in [2.24, 2.45) is 0 Å². The largest absolute Gasteiger partial charge is 0.502 e. The van der Waals surface area contributed by atoms with Gasteiger partial charge in [0.15, 0.2) is 0 Å². The molecule has 92 valence electrons. The van der Waals surface area contributed by atoms with Crippen molar-refractivity contribution >= 4 is 34.7 Å². The molecule has 0 unspecified atom stereocenters. The topological polar surface area (TPSA) is 63.6 Å². The summed E-state index contributed by atoms with van der Waals surface area (Å²) in [6.07, 6.45) is 0. The number of hydrogen-bond donors (Lipinski definition) is 1. The van der Waals surface area contributed by atoms with Gasteiger partial charge in [0.1, 0.15) is 0 Å². The molecule has 0 aromatic carbocycles. The highest BCUT2D eigenvalue weighted by Crippen LogP contribution is 2.24. The molecule has 0 aliphatic heterocycles. The van der Waals surface area contributed by atoms with Crippen LogP contribution >= 0.6 is 22.9 Å². The zero-order chi connectivity index (χ0) is 13.0. The Bertz CT molecular complexity index is 476. The van der Waals surface area contributed by atoms with Crippen LogP contribution in [0.1, 0.15) is 23.5 Å². The number of halogens is 1. The van der Waals surface area contributed by atoms with Crippen molar-refractivity contribution in [2.75, 3.05) is 6.61 Å². The first-order valence-electron chi connectivity index (χ1n) is 4.84. The molecule has 1 N–H and O–H groups in total. The third-order valence-electron chi connectivity index (χ3n) is 1.96. The maximum Gasteiger partial charge on any atom is 0.373 e. The summed E-state index contributed by atoms with van der Waals surface area (Å²) < 4.78 is 5.06. The molecule has 1 rings (SSSR count). The second-order valence-electron chi connectivity index (χ2n) is 3.13. The number of aliphatic hydroxyl groups is 1. The zero-order valence-corrected chi connectivity index (χ0v) is 10.9. The monoisotopic (exact) mass is 274 g/mol. The second kappa shape index (κ2) is 5.84. The van der Waals surface area contributed by atoms with Crippen molar-refractivity contribution in [1.29, 1.82) is 0 Å². The summed E-state index contributed by atoms with van der Waals surface area (Å²) in [5.74, 6) is -2.00. The van der Waals surface area contributed by atoms with Crippen LogP contribution in [0.5, 0.6) is 0 Å². The van der Waals surface area contributed by atoms with Crippen molar-refractivity contribution in [3.8, 4) is 0 Å². The molecule has 0 atom stereocenters. The summed E-state index contributed by atoms with van der Waals surface area (Å²) in [6.45, 7) is 3.11. The number of thiophene rings is 1. The first-order valence-corrected chi connectivity index (χ1v) is 6.03. The van der Waals surface area contributed by atoms with Crippen molar-refractivity contribution in [2.45, 2.75) is 13.8 Å². The van der Waals surface area contributed by atoms with E-state index in [4.69, 9.17) is 11.6 Å². The minimum Gasteiger partial charge on any atom is -0.502 e. The molecular weight excluding hydrogens is 264 g/mol. The standard InChI is InChI=1S/C11H11ClO4S/c1-3-16-11(15)10(14)6(2)9(13)7-4-5-8(12)17-7/h4-5,14H,3H2,1-2H3/b10-6-. The van der Waals surface area contributed by atoms with Crippen LogP contribution in [-0.4, -0.2) is 23.5 Å². The SMILES string of the molecule is CCOC(=O)/C(O)=C(\C)C(=O)c1ccc(Cl)s1. The predicted molar refractivity (Wildman–Crippen MR) is 65.6 cm³/mol. The average molecular weight is 275 g/mol. The second-order valence-corrected chi connectivity index (χ2v) is 4.84. The van der Waals surface area contributed by atoms with E-state index >= 15 is 0 Å². The molecule has 0 spiro atoms. The molecule has 0 aliphatic carbocycles. The molecule has 0 saturated heterocycles. The number of esters is 1. The van der Waals surface area contributed by atoms with Gasteiger partial charge in [-0.15, -0.1) is 11.3 Å². The highest BCUT2D eigenvalue weighted by molar-refractivity contribution is 7.18. The van der Waals surface area contributed by atoms with Crippen molar-refractivity contribution in [1.82, 2.24) is 0 Å². The van der Waals surface area contributed by atoms with Crippen LogP contribution in [0.3, 0.4) is 0 Å². The lowest BCUT2D eigenvalue weighted by molar-refractivity contribution is -0.141. The van der Waals surface area contributed by atoms with Gasteiger partial charge >= 0.3 is 5.97 Å². The van der Waals surface area contributed by atoms with Crippen molar-refractivity contribution in [3.05, 3.63) is 32.7 Å². The van der Waals surface area contributed by atoms with Gasteiger partial charge in [-0.3, -0.25) is 4.79 Å². The molecule has 0 amide bonds. The van der Waals surface area contributed by atoms with Crippen molar-refractivity contribution in [3.63, 3.8) is 0 Å². The number of Topliss-reactive ketones (excluding diaryl/α,β-unsaturated/α-hetero) is 1. The Morgan fingerprint density at radius 3 is 2.59 bits per heavy atom. The Balaban J connectivity index is 2.96. The first-order chi connectivity index (χ1) is 7.97. The molecule has 17 heavy (non-hydrogen) atoms. The number of carbonyl (C=O) groups excluding carboxylic acids is 2. The Morgan fingerprint density at radius 2 is 2.12 bits per heavy atom. The first kappa shape index (κ1) is 13.7. The van der Waals surface area contributed by atoms with Gasteiger partial charge in [0, 0.05) is 5.57 Å². The minimum absolute atomic E-state index is 0.0537. The number of carbonyl (C=O) groups is 2. The summed E-state index contributed by atoms with van der Waals surface area (Å²) in [6, 6.07) is 3.12. The van der Waals surface area contributed by atoms with Gasteiger partial charge in [-0.1, -0.05) is 11.6 Å². The van der Waals surface area contributed by atoms with Crippen LogP contribution in [0, 0.1) is 0 Å². The smallest absolute Gasteiger partial charge is 0.373 e. The Morgan fingerprint density at radius 1 is 1.47 bits per heavy atom. The molecule has 1 aromatic heterocycles. The Labute approximate surface area is 107 Å². The lowest BCUT2D eigenvalue weighted by Gasteiger charge is -2.03. The van der Waals surface area contributed by atoms with Gasteiger partial charge < -0.3 is 9.84 Å². The summed E-state index contributed by atoms with van der Waals surface area (Å²) in [7, 11) is 0. The van der Waals surface area contributed by atoms with Crippen LogP contribution in [0.25, 0.3) is 0 Å². The number of allylic oxidation sites excluding steroid dienone is 1. The van der Waals surface area contributed by atoms with Gasteiger partial charge in [-0.25, -0.2) is 4.79 Å². The van der Waals surface area contributed by atoms with Gasteiger partial charge in [-0.2, -0.15) is 0 Å². The van der Waals surface area contributed by atoms with E-state index in [0.717, 1.165) is 11.3 Å². The molecule has 0 fully saturated rings. The quantitative estimate of drug-likeness (QED) is 0.397. The van der Waals surface area contributed by atoms with Crippen molar-refractivity contribution < 1.29 is 19.4 Å². The van der Waals surface area contributed by atoms with E-state index in [-0.39, 0.29) is 12.2 Å². The van der Waals surface area contributed by atoms with E-state index in [1.54, 1.807) is 13.0 Å². The van der Waals surface area contributed by atoms with Crippen LogP contribution in [0.2, 0.25) is 4.34 Å². The summed E-state index contributed by atoms with van der Waals surface area (Å²) in [5.41, 5.74) is -0.0537. The molecule has 4 nitrogen and oxygen atoms in total. The third-order valence-corrected chi connectivity index (χ3v) is 3.19. The number of aliphatic hydroxyl groups excluding tert-OH is 1. The van der Waals surface area contributed by atoms with Gasteiger partial charge in [0.2, 0.25) is 11.5 Å². The Kier molecular flexibility index (Phi) is 4.72. The fourth-order valence-electron chi connectivity index (χ4n) is 1.08. The number of hydrogen-bond acceptors (Lipinski definition) is 5. The summed E-state index contributed by atoms with van der Waals surface area (Å²) >= 11 is 6.78. The molecule has 6 heteroatoms. The fraction of sp³-hybridized carbons (Fsp3) is 0.273. The van der Waals surface area contributed by atoms with Crippen LogP contribution < -0.4 is 0 Å². The fourth-order valence-corrected chi connectivity index (χ4v) is 2.12. The summed E-state index contributed by atoms with van der Waals surface area (Å²) in [4.78, 5) is 23.4. The van der Waals surface area contributed by atoms with Crippen LogP contribution in [0.15, 0.2) is 23.5 Å². The minimum atomic E-state index is -0.902. The van der Waals surface area contributed by atoms with Gasteiger partial charge in [0.05, 0.1) is 15.8 Å². The zero-order valence-electron chi connectivity index (χ0n) is 9.32. The molecule has 1 heterocycles. The van der Waals surface area contributed by atoms with E-state index < -0.39 is 17.5 Å². The number of ketones is 1. The van der Waals surface area contributed by atoms with Gasteiger partial charge in [-0.05, 0) is 26.0 Å². The number of ether oxygens (including phenoxy) is 1. The number of rotatable bonds is 4. The van der Waals surface area contributed by atoms with E-state index in [2.05, 4.69) is 4.74 Å². The van der Waals surface area contributed by atoms with Crippen LogP contribution in [-0.2, 0) is 9.53 Å². The maximum atomic E-state index is 11.8. The average Bonchev–Trinajstić information content (AvgIpc) is 2.73. The highest BCUT2D eigenvalue weighted by atomic mass is 35.5. The van der Waals surface area contributed by atoms with E-state index in [1.807, 2.05) is 0 Å². The molecule has 0 aliphatic rings. The molecule has 0 bridgehead atoms. The normalized spacial score (nSPS) is 11.9. The van der Waals surface area contributed by atoms with E-state index in [0.29, 0.717) is 9.21 Å².